The summed E-state index contributed by atoms with van der Waals surface area (Å²) >= 11 is 15.2. The summed E-state index contributed by atoms with van der Waals surface area (Å²) in [4.78, 5) is 0. The molecule has 6 heteroatoms. The number of nitrogens with two attached hydrogens (primary N) is 1. The first-order chi connectivity index (χ1) is 9.51. The van der Waals surface area contributed by atoms with Gasteiger partial charge in [-0.3, -0.25) is 11.3 Å². The first-order valence-electron chi connectivity index (χ1n) is 5.86. The highest BCUT2D eigenvalue weighted by Gasteiger charge is 2.14. The molecule has 2 nitrogen and oxygen atoms in total. The van der Waals surface area contributed by atoms with Gasteiger partial charge < -0.3 is 0 Å². The fourth-order valence-corrected chi connectivity index (χ4v) is 2.63. The van der Waals surface area contributed by atoms with Crippen LogP contribution in [0.25, 0.3) is 0 Å². The van der Waals surface area contributed by atoms with E-state index < -0.39 is 0 Å². The van der Waals surface area contributed by atoms with Crippen LogP contribution in [0.2, 0.25) is 10.0 Å². The van der Waals surface area contributed by atoms with E-state index in [0.717, 1.165) is 10.0 Å². The lowest BCUT2D eigenvalue weighted by Gasteiger charge is -2.17. The molecule has 0 saturated heterocycles. The number of hydrogen-bond acceptors (Lipinski definition) is 2. The summed E-state index contributed by atoms with van der Waals surface area (Å²) in [5, 5.41) is 1.10. The smallest absolute Gasteiger partial charge is 0.126 e. The van der Waals surface area contributed by atoms with E-state index >= 15 is 0 Å². The van der Waals surface area contributed by atoms with Crippen LogP contribution in [0.5, 0.6) is 0 Å². The molecule has 2 rings (SSSR count). The van der Waals surface area contributed by atoms with Crippen molar-refractivity contribution in [3.05, 3.63) is 67.9 Å². The van der Waals surface area contributed by atoms with Gasteiger partial charge in [0.2, 0.25) is 0 Å². The van der Waals surface area contributed by atoms with Gasteiger partial charge in [0, 0.05) is 9.50 Å². The Morgan fingerprint density at radius 1 is 1.20 bits per heavy atom. The van der Waals surface area contributed by atoms with Crippen LogP contribution < -0.4 is 11.3 Å². The maximum atomic E-state index is 13.8. The van der Waals surface area contributed by atoms with Crippen LogP contribution in [-0.4, -0.2) is 0 Å². The summed E-state index contributed by atoms with van der Waals surface area (Å²) in [6.45, 7) is 0. The van der Waals surface area contributed by atoms with Gasteiger partial charge in [0.05, 0.1) is 11.1 Å². The predicted molar refractivity (Wildman–Crippen MR) is 84.3 cm³/mol. The molecule has 0 aromatic heterocycles. The number of halogens is 4. The van der Waals surface area contributed by atoms with E-state index in [-0.39, 0.29) is 11.9 Å². The van der Waals surface area contributed by atoms with Crippen molar-refractivity contribution in [3.63, 3.8) is 0 Å². The summed E-state index contributed by atoms with van der Waals surface area (Å²) in [6, 6.07) is 9.70. The molecule has 0 aliphatic heterocycles. The molecule has 3 N–H and O–H groups in total. The van der Waals surface area contributed by atoms with Gasteiger partial charge in [0.1, 0.15) is 5.82 Å². The highest BCUT2D eigenvalue weighted by molar-refractivity contribution is 9.10. The van der Waals surface area contributed by atoms with Gasteiger partial charge in [-0.25, -0.2) is 4.39 Å². The normalized spacial score (nSPS) is 12.4. The second-order valence-corrected chi connectivity index (χ2v) is 6.03. The zero-order valence-electron chi connectivity index (χ0n) is 10.3. The Kier molecular flexibility index (Phi) is 5.41. The average Bonchev–Trinajstić information content (AvgIpc) is 2.43. The standard InChI is InChI=1S/C14H12BrCl2FN2/c15-11-6-8(1-3-12(11)17)14(20-19)7-9-5-10(16)2-4-13(9)18/h1-6,14,20H,7,19H2. The summed E-state index contributed by atoms with van der Waals surface area (Å²) in [6.07, 6.45) is 0.386. The van der Waals surface area contributed by atoms with Gasteiger partial charge in [0.15, 0.2) is 0 Å². The number of rotatable bonds is 4. The Hall–Kier alpha value is -0.650. The molecule has 2 aromatic rings. The second kappa shape index (κ2) is 6.87. The maximum Gasteiger partial charge on any atom is 0.126 e. The van der Waals surface area contributed by atoms with Crippen LogP contribution in [0.4, 0.5) is 4.39 Å². The minimum absolute atomic E-state index is 0.239. The lowest BCUT2D eigenvalue weighted by atomic mass is 9.99. The first kappa shape index (κ1) is 15.7. The SMILES string of the molecule is NNC(Cc1cc(Cl)ccc1F)c1ccc(Cl)c(Br)c1. The van der Waals surface area contributed by atoms with Gasteiger partial charge in [-0.1, -0.05) is 29.3 Å². The van der Waals surface area contributed by atoms with Gasteiger partial charge in [-0.05, 0) is 63.8 Å². The van der Waals surface area contributed by atoms with Crippen molar-refractivity contribution in [3.8, 4) is 0 Å². The minimum atomic E-state index is -0.303. The molecule has 0 fully saturated rings. The zero-order chi connectivity index (χ0) is 14.7. The van der Waals surface area contributed by atoms with E-state index in [4.69, 9.17) is 29.0 Å². The molecular weight excluding hydrogens is 366 g/mol. The Morgan fingerprint density at radius 3 is 2.60 bits per heavy atom. The maximum absolute atomic E-state index is 13.8. The topological polar surface area (TPSA) is 38.0 Å². The molecule has 0 radical (unpaired) electrons. The van der Waals surface area contributed by atoms with Crippen LogP contribution >= 0.6 is 39.1 Å². The van der Waals surface area contributed by atoms with Crippen molar-refractivity contribution in [2.24, 2.45) is 5.84 Å². The minimum Gasteiger partial charge on any atom is -0.271 e. The fraction of sp³-hybridized carbons (Fsp3) is 0.143. The summed E-state index contributed by atoms with van der Waals surface area (Å²) < 4.78 is 14.5. The molecule has 0 aliphatic carbocycles. The molecule has 0 amide bonds. The molecule has 0 bridgehead atoms. The average molecular weight is 378 g/mol. The number of hydrogen-bond donors (Lipinski definition) is 2. The van der Waals surface area contributed by atoms with E-state index in [9.17, 15) is 4.39 Å². The van der Waals surface area contributed by atoms with Crippen LogP contribution in [0.3, 0.4) is 0 Å². The third-order valence-corrected chi connectivity index (χ3v) is 4.43. The lowest BCUT2D eigenvalue weighted by molar-refractivity contribution is 0.529. The van der Waals surface area contributed by atoms with Gasteiger partial charge in [-0.15, -0.1) is 0 Å². The Morgan fingerprint density at radius 2 is 1.95 bits per heavy atom. The monoisotopic (exact) mass is 376 g/mol. The summed E-state index contributed by atoms with van der Waals surface area (Å²) in [7, 11) is 0. The molecule has 0 spiro atoms. The predicted octanol–water partition coefficient (Wildman–Crippen LogP) is 4.64. The molecule has 2 aromatic carbocycles. The summed E-state index contributed by atoms with van der Waals surface area (Å²) in [5.74, 6) is 5.27. The van der Waals surface area contributed by atoms with E-state index in [1.807, 2.05) is 12.1 Å². The molecule has 0 heterocycles. The highest BCUT2D eigenvalue weighted by atomic mass is 79.9. The number of benzene rings is 2. The Labute approximate surface area is 135 Å². The molecular formula is C14H12BrCl2FN2. The van der Waals surface area contributed by atoms with Crippen molar-refractivity contribution in [2.45, 2.75) is 12.5 Å². The first-order valence-corrected chi connectivity index (χ1v) is 7.41. The molecule has 1 atom stereocenters. The van der Waals surface area contributed by atoms with Crippen LogP contribution in [-0.2, 0) is 6.42 Å². The van der Waals surface area contributed by atoms with Crippen molar-refractivity contribution in [2.75, 3.05) is 0 Å². The van der Waals surface area contributed by atoms with Crippen molar-refractivity contribution >= 4 is 39.1 Å². The third kappa shape index (κ3) is 3.71. The highest BCUT2D eigenvalue weighted by Crippen LogP contribution is 2.28. The zero-order valence-corrected chi connectivity index (χ0v) is 13.4. The summed E-state index contributed by atoms with van der Waals surface area (Å²) in [5.41, 5.74) is 4.10. The molecule has 106 valence electrons. The van der Waals surface area contributed by atoms with Crippen LogP contribution in [0.1, 0.15) is 17.2 Å². The van der Waals surface area contributed by atoms with Crippen LogP contribution in [0, 0.1) is 5.82 Å². The molecule has 0 saturated carbocycles. The van der Waals surface area contributed by atoms with Gasteiger partial charge in [-0.2, -0.15) is 0 Å². The largest absolute Gasteiger partial charge is 0.271 e. The number of nitrogens with one attached hydrogen (secondary N) is 1. The van der Waals surface area contributed by atoms with Crippen molar-refractivity contribution in [1.29, 1.82) is 0 Å². The fourth-order valence-electron chi connectivity index (χ4n) is 1.92. The Bertz CT molecular complexity index is 622. The van der Waals surface area contributed by atoms with Gasteiger partial charge >= 0.3 is 0 Å². The third-order valence-electron chi connectivity index (χ3n) is 2.98. The Balaban J connectivity index is 2.28. The second-order valence-electron chi connectivity index (χ2n) is 4.33. The van der Waals surface area contributed by atoms with E-state index in [1.165, 1.54) is 12.1 Å². The van der Waals surface area contributed by atoms with Crippen molar-refractivity contribution < 1.29 is 4.39 Å². The quantitative estimate of drug-likeness (QED) is 0.601. The lowest BCUT2D eigenvalue weighted by Crippen LogP contribution is -2.29. The molecule has 1 unspecified atom stereocenters. The van der Waals surface area contributed by atoms with E-state index in [2.05, 4.69) is 21.4 Å². The van der Waals surface area contributed by atoms with E-state index in [0.29, 0.717) is 22.0 Å². The van der Waals surface area contributed by atoms with Crippen molar-refractivity contribution in [1.82, 2.24) is 5.43 Å². The molecule has 0 aliphatic rings. The van der Waals surface area contributed by atoms with Gasteiger partial charge in [0.25, 0.3) is 0 Å². The van der Waals surface area contributed by atoms with E-state index in [1.54, 1.807) is 12.1 Å². The molecule has 20 heavy (non-hydrogen) atoms. The van der Waals surface area contributed by atoms with Crippen LogP contribution in [0.15, 0.2) is 40.9 Å². The number of hydrazine groups is 1.